The van der Waals surface area contributed by atoms with E-state index in [1.807, 2.05) is 6.92 Å². The number of ether oxygens (including phenoxy) is 2. The smallest absolute Gasteiger partial charge is 0.185 e. The SMILES string of the molecule is CCCCCCC1OC(OC)C(O)C(O)C1C. The quantitative estimate of drug-likeness (QED) is 0.700. The molecule has 0 amide bonds. The molecule has 0 aromatic heterocycles. The predicted octanol–water partition coefficient (Wildman–Crippen LogP) is 1.69. The molecular formula is C13H26O4. The molecule has 0 aliphatic carbocycles. The Morgan fingerprint density at radius 2 is 1.82 bits per heavy atom. The summed E-state index contributed by atoms with van der Waals surface area (Å²) in [6, 6.07) is 0. The standard InChI is InChI=1S/C13H26O4/c1-4-5-6-7-8-10-9(2)11(14)12(15)13(16-3)17-10/h9-15H,4-8H2,1-3H3. The molecule has 0 saturated carbocycles. The van der Waals surface area contributed by atoms with Crippen LogP contribution in [0.2, 0.25) is 0 Å². The zero-order chi connectivity index (χ0) is 12.8. The number of unbranched alkanes of at least 4 members (excludes halogenated alkanes) is 3. The molecule has 1 fully saturated rings. The van der Waals surface area contributed by atoms with Gasteiger partial charge in [0.25, 0.3) is 0 Å². The Morgan fingerprint density at radius 1 is 1.12 bits per heavy atom. The molecule has 0 aromatic carbocycles. The lowest BCUT2D eigenvalue weighted by Crippen LogP contribution is -2.54. The van der Waals surface area contributed by atoms with Gasteiger partial charge in [0.05, 0.1) is 12.2 Å². The van der Waals surface area contributed by atoms with Gasteiger partial charge in [-0.25, -0.2) is 0 Å². The molecule has 4 heteroatoms. The zero-order valence-electron chi connectivity index (χ0n) is 11.1. The normalized spacial score (nSPS) is 38.3. The van der Waals surface area contributed by atoms with Gasteiger partial charge in [0.1, 0.15) is 6.10 Å². The van der Waals surface area contributed by atoms with Gasteiger partial charge in [0.15, 0.2) is 6.29 Å². The van der Waals surface area contributed by atoms with Crippen LogP contribution in [0.4, 0.5) is 0 Å². The van der Waals surface area contributed by atoms with Gasteiger partial charge in [-0.3, -0.25) is 0 Å². The van der Waals surface area contributed by atoms with E-state index in [4.69, 9.17) is 9.47 Å². The molecule has 0 radical (unpaired) electrons. The minimum atomic E-state index is -0.943. The van der Waals surface area contributed by atoms with E-state index in [2.05, 4.69) is 6.92 Å². The fourth-order valence-electron chi connectivity index (χ4n) is 2.37. The van der Waals surface area contributed by atoms with Gasteiger partial charge in [-0.1, -0.05) is 39.5 Å². The third kappa shape index (κ3) is 3.91. The maximum atomic E-state index is 9.91. The maximum absolute atomic E-state index is 9.91. The second kappa shape index (κ2) is 7.31. The fourth-order valence-corrected chi connectivity index (χ4v) is 2.37. The van der Waals surface area contributed by atoms with Gasteiger partial charge in [0, 0.05) is 13.0 Å². The van der Waals surface area contributed by atoms with Crippen LogP contribution in [-0.2, 0) is 9.47 Å². The van der Waals surface area contributed by atoms with Crippen molar-refractivity contribution in [1.82, 2.24) is 0 Å². The van der Waals surface area contributed by atoms with E-state index in [0.717, 1.165) is 12.8 Å². The fraction of sp³-hybridized carbons (Fsp3) is 1.00. The Labute approximate surface area is 104 Å². The summed E-state index contributed by atoms with van der Waals surface area (Å²) in [6.07, 6.45) is 3.24. The lowest BCUT2D eigenvalue weighted by molar-refractivity contribution is -0.276. The molecule has 102 valence electrons. The highest BCUT2D eigenvalue weighted by atomic mass is 16.7. The molecule has 0 aromatic rings. The molecule has 4 nitrogen and oxygen atoms in total. The van der Waals surface area contributed by atoms with Gasteiger partial charge in [-0.15, -0.1) is 0 Å². The Kier molecular flexibility index (Phi) is 6.41. The van der Waals surface area contributed by atoms with Crippen molar-refractivity contribution in [2.75, 3.05) is 7.11 Å². The van der Waals surface area contributed by atoms with E-state index >= 15 is 0 Å². The summed E-state index contributed by atoms with van der Waals surface area (Å²) in [4.78, 5) is 0. The number of methoxy groups -OCH3 is 1. The molecule has 1 heterocycles. The largest absolute Gasteiger partial charge is 0.390 e. The summed E-state index contributed by atoms with van der Waals surface area (Å²) in [5, 5.41) is 19.6. The molecule has 2 N–H and O–H groups in total. The molecule has 1 rings (SSSR count). The van der Waals surface area contributed by atoms with Crippen LogP contribution in [0.15, 0.2) is 0 Å². The summed E-state index contributed by atoms with van der Waals surface area (Å²) in [5.41, 5.74) is 0. The van der Waals surface area contributed by atoms with E-state index in [1.165, 1.54) is 26.4 Å². The molecule has 5 atom stereocenters. The van der Waals surface area contributed by atoms with E-state index in [0.29, 0.717) is 0 Å². The third-order valence-corrected chi connectivity index (χ3v) is 3.64. The first kappa shape index (κ1) is 14.9. The van der Waals surface area contributed by atoms with Crippen molar-refractivity contribution < 1.29 is 19.7 Å². The van der Waals surface area contributed by atoms with Crippen LogP contribution in [0.5, 0.6) is 0 Å². The lowest BCUT2D eigenvalue weighted by atomic mass is 9.88. The Hall–Kier alpha value is -0.160. The van der Waals surface area contributed by atoms with E-state index < -0.39 is 18.5 Å². The van der Waals surface area contributed by atoms with Crippen LogP contribution in [-0.4, -0.2) is 41.9 Å². The monoisotopic (exact) mass is 246 g/mol. The topological polar surface area (TPSA) is 58.9 Å². The van der Waals surface area contributed by atoms with Crippen LogP contribution in [0.3, 0.4) is 0 Å². The van der Waals surface area contributed by atoms with Crippen molar-refractivity contribution in [2.24, 2.45) is 5.92 Å². The predicted molar refractivity (Wildman–Crippen MR) is 65.6 cm³/mol. The molecule has 17 heavy (non-hydrogen) atoms. The highest BCUT2D eigenvalue weighted by Crippen LogP contribution is 2.29. The minimum absolute atomic E-state index is 0.0183. The first-order valence-electron chi connectivity index (χ1n) is 6.66. The van der Waals surface area contributed by atoms with Gasteiger partial charge in [-0.05, 0) is 6.42 Å². The summed E-state index contributed by atoms with van der Waals surface area (Å²) >= 11 is 0. The molecule has 5 unspecified atom stereocenters. The lowest BCUT2D eigenvalue weighted by Gasteiger charge is -2.41. The van der Waals surface area contributed by atoms with Crippen molar-refractivity contribution in [2.45, 2.75) is 70.6 Å². The molecule has 1 aliphatic rings. The van der Waals surface area contributed by atoms with Crippen LogP contribution in [0.1, 0.15) is 46.0 Å². The highest BCUT2D eigenvalue weighted by Gasteiger charge is 2.41. The van der Waals surface area contributed by atoms with Crippen LogP contribution < -0.4 is 0 Å². The van der Waals surface area contributed by atoms with Gasteiger partial charge in [0.2, 0.25) is 0 Å². The molecule has 0 bridgehead atoms. The van der Waals surface area contributed by atoms with Crippen LogP contribution in [0.25, 0.3) is 0 Å². The third-order valence-electron chi connectivity index (χ3n) is 3.64. The van der Waals surface area contributed by atoms with Crippen LogP contribution >= 0.6 is 0 Å². The molecule has 0 spiro atoms. The maximum Gasteiger partial charge on any atom is 0.185 e. The Balaban J connectivity index is 2.42. The van der Waals surface area contributed by atoms with E-state index in [9.17, 15) is 10.2 Å². The average Bonchev–Trinajstić information content (AvgIpc) is 2.34. The van der Waals surface area contributed by atoms with Crippen molar-refractivity contribution in [1.29, 1.82) is 0 Å². The Morgan fingerprint density at radius 3 is 2.41 bits per heavy atom. The van der Waals surface area contributed by atoms with Crippen molar-refractivity contribution in [3.63, 3.8) is 0 Å². The van der Waals surface area contributed by atoms with E-state index in [1.54, 1.807) is 0 Å². The molecular weight excluding hydrogens is 220 g/mol. The second-order valence-corrected chi connectivity index (χ2v) is 4.97. The minimum Gasteiger partial charge on any atom is -0.390 e. The number of aliphatic hydroxyl groups is 2. The summed E-state index contributed by atoms with van der Waals surface area (Å²) < 4.78 is 10.7. The van der Waals surface area contributed by atoms with Crippen LogP contribution in [0, 0.1) is 5.92 Å². The van der Waals surface area contributed by atoms with Crippen molar-refractivity contribution in [3.05, 3.63) is 0 Å². The number of aliphatic hydroxyl groups excluding tert-OH is 2. The van der Waals surface area contributed by atoms with Gasteiger partial charge in [-0.2, -0.15) is 0 Å². The second-order valence-electron chi connectivity index (χ2n) is 4.97. The molecule has 1 saturated heterocycles. The molecule has 1 aliphatic heterocycles. The Bertz CT molecular complexity index is 208. The van der Waals surface area contributed by atoms with Crippen molar-refractivity contribution >= 4 is 0 Å². The summed E-state index contributed by atoms with van der Waals surface area (Å²) in [7, 11) is 1.49. The highest BCUT2D eigenvalue weighted by molar-refractivity contribution is 4.86. The first-order valence-corrected chi connectivity index (χ1v) is 6.66. The first-order chi connectivity index (χ1) is 8.11. The summed E-state index contributed by atoms with van der Waals surface area (Å²) in [6.45, 7) is 4.10. The average molecular weight is 246 g/mol. The van der Waals surface area contributed by atoms with Gasteiger partial charge < -0.3 is 19.7 Å². The number of rotatable bonds is 6. The van der Waals surface area contributed by atoms with Crippen molar-refractivity contribution in [3.8, 4) is 0 Å². The van der Waals surface area contributed by atoms with Gasteiger partial charge >= 0.3 is 0 Å². The number of hydrogen-bond donors (Lipinski definition) is 2. The number of hydrogen-bond acceptors (Lipinski definition) is 4. The summed E-state index contributed by atoms with van der Waals surface area (Å²) in [5.74, 6) is -0.0435. The van der Waals surface area contributed by atoms with E-state index in [-0.39, 0.29) is 12.0 Å². The zero-order valence-corrected chi connectivity index (χ0v) is 11.1.